The van der Waals surface area contributed by atoms with Crippen molar-refractivity contribution in [1.29, 1.82) is 0 Å². The lowest BCUT2D eigenvalue weighted by Crippen LogP contribution is -1.99. The molecule has 0 aromatic heterocycles. The first-order valence-electron chi connectivity index (χ1n) is 4.31. The third-order valence-electron chi connectivity index (χ3n) is 1.79. The van der Waals surface area contributed by atoms with E-state index in [1.54, 1.807) is 7.11 Å². The van der Waals surface area contributed by atoms with Crippen molar-refractivity contribution in [1.82, 2.24) is 0 Å². The Kier molecular flexibility index (Phi) is 4.12. The van der Waals surface area contributed by atoms with Gasteiger partial charge in [0.15, 0.2) is 0 Å². The molecule has 1 rings (SSSR count). The Morgan fingerprint density at radius 1 is 1.46 bits per heavy atom. The normalized spacial score (nSPS) is 10.1. The Bertz CT molecular complexity index is 276. The molecule has 0 amide bonds. The van der Waals surface area contributed by atoms with E-state index in [9.17, 15) is 0 Å². The molecule has 0 bridgehead atoms. The number of benzene rings is 1. The molecule has 0 spiro atoms. The maximum absolute atomic E-state index is 5.64. The Morgan fingerprint density at radius 3 is 2.77 bits per heavy atom. The summed E-state index contributed by atoms with van der Waals surface area (Å²) in [4.78, 5) is 1.26. The fourth-order valence-corrected chi connectivity index (χ4v) is 1.94. The van der Waals surface area contributed by atoms with E-state index in [1.807, 2.05) is 23.9 Å². The van der Waals surface area contributed by atoms with Crippen molar-refractivity contribution in [3.63, 3.8) is 0 Å². The van der Waals surface area contributed by atoms with Gasteiger partial charge in [-0.15, -0.1) is 11.8 Å². The van der Waals surface area contributed by atoms with Crippen LogP contribution in [-0.2, 0) is 6.54 Å². The zero-order valence-electron chi connectivity index (χ0n) is 8.04. The highest BCUT2D eigenvalue weighted by molar-refractivity contribution is 7.99. The number of rotatable bonds is 4. The van der Waals surface area contributed by atoms with Crippen LogP contribution in [0.2, 0.25) is 0 Å². The summed E-state index contributed by atoms with van der Waals surface area (Å²) >= 11 is 1.81. The minimum atomic E-state index is 0.569. The van der Waals surface area contributed by atoms with Gasteiger partial charge in [-0.3, -0.25) is 0 Å². The minimum absolute atomic E-state index is 0.569. The van der Waals surface area contributed by atoms with Crippen LogP contribution >= 0.6 is 11.8 Å². The summed E-state index contributed by atoms with van der Waals surface area (Å²) in [6.45, 7) is 2.70. The van der Waals surface area contributed by atoms with E-state index in [0.717, 1.165) is 17.1 Å². The van der Waals surface area contributed by atoms with Crippen LogP contribution < -0.4 is 10.5 Å². The van der Waals surface area contributed by atoms with Crippen LogP contribution in [0.1, 0.15) is 12.5 Å². The number of methoxy groups -OCH3 is 1. The van der Waals surface area contributed by atoms with Gasteiger partial charge in [-0.1, -0.05) is 6.92 Å². The summed E-state index contributed by atoms with van der Waals surface area (Å²) in [5.74, 6) is 1.94. The minimum Gasteiger partial charge on any atom is -0.497 e. The maximum atomic E-state index is 5.64. The lowest BCUT2D eigenvalue weighted by molar-refractivity contribution is 0.414. The first-order chi connectivity index (χ1) is 6.31. The van der Waals surface area contributed by atoms with Crippen molar-refractivity contribution in [2.24, 2.45) is 5.73 Å². The molecule has 0 radical (unpaired) electrons. The lowest BCUT2D eigenvalue weighted by Gasteiger charge is -2.08. The fourth-order valence-electron chi connectivity index (χ4n) is 1.14. The van der Waals surface area contributed by atoms with E-state index in [0.29, 0.717) is 6.54 Å². The second-order valence-corrected chi connectivity index (χ2v) is 3.92. The number of hydrogen-bond donors (Lipinski definition) is 1. The predicted octanol–water partition coefficient (Wildman–Crippen LogP) is 2.27. The highest BCUT2D eigenvalue weighted by Gasteiger charge is 2.02. The number of ether oxygens (including phenoxy) is 1. The van der Waals surface area contributed by atoms with Gasteiger partial charge in [-0.25, -0.2) is 0 Å². The Morgan fingerprint density at radius 2 is 2.23 bits per heavy atom. The molecule has 0 fully saturated rings. The van der Waals surface area contributed by atoms with E-state index in [2.05, 4.69) is 13.0 Å². The SMILES string of the molecule is CCSc1ccc(OC)cc1CN. The van der Waals surface area contributed by atoms with Crippen LogP contribution in [0.3, 0.4) is 0 Å². The van der Waals surface area contributed by atoms with Crippen LogP contribution in [0.25, 0.3) is 0 Å². The second-order valence-electron chi connectivity index (χ2n) is 2.61. The summed E-state index contributed by atoms with van der Waals surface area (Å²) in [6.07, 6.45) is 0. The molecule has 0 aliphatic carbocycles. The monoisotopic (exact) mass is 197 g/mol. The number of thioether (sulfide) groups is 1. The third-order valence-corrected chi connectivity index (χ3v) is 2.79. The number of hydrogen-bond acceptors (Lipinski definition) is 3. The van der Waals surface area contributed by atoms with Gasteiger partial charge >= 0.3 is 0 Å². The molecule has 2 N–H and O–H groups in total. The van der Waals surface area contributed by atoms with Crippen molar-refractivity contribution in [2.45, 2.75) is 18.4 Å². The zero-order chi connectivity index (χ0) is 9.68. The first-order valence-corrected chi connectivity index (χ1v) is 5.30. The Hall–Kier alpha value is -0.670. The topological polar surface area (TPSA) is 35.2 Å². The van der Waals surface area contributed by atoms with E-state index in [-0.39, 0.29) is 0 Å². The highest BCUT2D eigenvalue weighted by Crippen LogP contribution is 2.25. The largest absolute Gasteiger partial charge is 0.497 e. The van der Waals surface area contributed by atoms with Crippen LogP contribution in [-0.4, -0.2) is 12.9 Å². The molecule has 0 saturated carbocycles. The van der Waals surface area contributed by atoms with Crippen LogP contribution in [0.15, 0.2) is 23.1 Å². The second kappa shape index (κ2) is 5.14. The lowest BCUT2D eigenvalue weighted by atomic mass is 10.2. The maximum Gasteiger partial charge on any atom is 0.119 e. The van der Waals surface area contributed by atoms with Gasteiger partial charge in [-0.2, -0.15) is 0 Å². The molecular weight excluding hydrogens is 182 g/mol. The molecule has 0 atom stereocenters. The Balaban J connectivity index is 2.93. The smallest absolute Gasteiger partial charge is 0.119 e. The molecule has 0 heterocycles. The first kappa shape index (κ1) is 10.4. The average molecular weight is 197 g/mol. The van der Waals surface area contributed by atoms with Gasteiger partial charge in [0.2, 0.25) is 0 Å². The molecule has 1 aromatic carbocycles. The molecule has 72 valence electrons. The third kappa shape index (κ3) is 2.64. The molecule has 2 nitrogen and oxygen atoms in total. The van der Waals surface area contributed by atoms with Gasteiger partial charge in [0.05, 0.1) is 7.11 Å². The van der Waals surface area contributed by atoms with E-state index < -0.39 is 0 Å². The molecule has 0 aliphatic rings. The standard InChI is InChI=1S/C10H15NOS/c1-3-13-10-5-4-9(12-2)6-8(10)7-11/h4-6H,3,7,11H2,1-2H3. The zero-order valence-corrected chi connectivity index (χ0v) is 8.86. The van der Waals surface area contributed by atoms with Crippen molar-refractivity contribution < 1.29 is 4.74 Å². The predicted molar refractivity (Wildman–Crippen MR) is 57.3 cm³/mol. The summed E-state index contributed by atoms with van der Waals surface area (Å²) in [7, 11) is 1.67. The van der Waals surface area contributed by atoms with Crippen molar-refractivity contribution in [3.05, 3.63) is 23.8 Å². The van der Waals surface area contributed by atoms with Gasteiger partial charge in [0, 0.05) is 11.4 Å². The van der Waals surface area contributed by atoms with Gasteiger partial charge < -0.3 is 10.5 Å². The van der Waals surface area contributed by atoms with E-state index in [1.165, 1.54) is 4.90 Å². The number of nitrogens with two attached hydrogens (primary N) is 1. The molecule has 3 heteroatoms. The summed E-state index contributed by atoms with van der Waals surface area (Å²) in [5, 5.41) is 0. The van der Waals surface area contributed by atoms with Gasteiger partial charge in [0.25, 0.3) is 0 Å². The van der Waals surface area contributed by atoms with Crippen molar-refractivity contribution in [3.8, 4) is 5.75 Å². The summed E-state index contributed by atoms with van der Waals surface area (Å²) < 4.78 is 5.12. The summed E-state index contributed by atoms with van der Waals surface area (Å²) in [6, 6.07) is 6.03. The average Bonchev–Trinajstić information content (AvgIpc) is 2.19. The van der Waals surface area contributed by atoms with Gasteiger partial charge in [0.1, 0.15) is 5.75 Å². The van der Waals surface area contributed by atoms with Crippen LogP contribution in [0.5, 0.6) is 5.75 Å². The van der Waals surface area contributed by atoms with Gasteiger partial charge in [-0.05, 0) is 29.5 Å². The summed E-state index contributed by atoms with van der Waals surface area (Å²) in [5.41, 5.74) is 6.79. The molecule has 0 aliphatic heterocycles. The quantitative estimate of drug-likeness (QED) is 0.752. The van der Waals surface area contributed by atoms with Crippen LogP contribution in [0.4, 0.5) is 0 Å². The van der Waals surface area contributed by atoms with Crippen molar-refractivity contribution in [2.75, 3.05) is 12.9 Å². The van der Waals surface area contributed by atoms with Crippen molar-refractivity contribution >= 4 is 11.8 Å². The molecule has 0 unspecified atom stereocenters. The molecular formula is C10H15NOS. The highest BCUT2D eigenvalue weighted by atomic mass is 32.2. The molecule has 13 heavy (non-hydrogen) atoms. The van der Waals surface area contributed by atoms with E-state index in [4.69, 9.17) is 10.5 Å². The molecule has 0 saturated heterocycles. The molecule has 1 aromatic rings. The Labute approximate surface area is 83.5 Å². The van der Waals surface area contributed by atoms with Crippen LogP contribution in [0, 0.1) is 0 Å². The fraction of sp³-hybridized carbons (Fsp3) is 0.400. The van der Waals surface area contributed by atoms with E-state index >= 15 is 0 Å².